The van der Waals surface area contributed by atoms with E-state index >= 15 is 0 Å². The standard InChI is InChI=1S/C13H23N3O/c1-3-6-16-10-15-7-12(16)9-17-13-8-14-5-4-11(13)2/h7,10-11,13-14H,3-6,8-9H2,1-2H3. The largest absolute Gasteiger partial charge is 0.370 e. The minimum Gasteiger partial charge on any atom is -0.370 e. The fraction of sp³-hybridized carbons (Fsp3) is 0.769. The molecule has 1 aromatic heterocycles. The van der Waals surface area contributed by atoms with Gasteiger partial charge in [0, 0.05) is 13.1 Å². The van der Waals surface area contributed by atoms with E-state index < -0.39 is 0 Å². The number of imidazole rings is 1. The van der Waals surface area contributed by atoms with E-state index in [1.165, 1.54) is 12.1 Å². The zero-order valence-corrected chi connectivity index (χ0v) is 10.9. The molecule has 0 amide bonds. The van der Waals surface area contributed by atoms with Gasteiger partial charge in [0.25, 0.3) is 0 Å². The second-order valence-corrected chi connectivity index (χ2v) is 4.90. The van der Waals surface area contributed by atoms with Crippen LogP contribution in [0.2, 0.25) is 0 Å². The third-order valence-electron chi connectivity index (χ3n) is 3.46. The van der Waals surface area contributed by atoms with E-state index in [0.717, 1.165) is 26.1 Å². The van der Waals surface area contributed by atoms with Crippen molar-refractivity contribution < 1.29 is 4.74 Å². The van der Waals surface area contributed by atoms with Crippen molar-refractivity contribution in [3.8, 4) is 0 Å². The highest BCUT2D eigenvalue weighted by atomic mass is 16.5. The first-order chi connectivity index (χ1) is 8.31. The second kappa shape index (κ2) is 6.17. The summed E-state index contributed by atoms with van der Waals surface area (Å²) in [5, 5.41) is 3.39. The van der Waals surface area contributed by atoms with Gasteiger partial charge in [-0.3, -0.25) is 0 Å². The number of aryl methyl sites for hydroxylation is 1. The Bertz CT molecular complexity index is 337. The molecule has 0 aliphatic carbocycles. The maximum atomic E-state index is 6.00. The van der Waals surface area contributed by atoms with E-state index in [-0.39, 0.29) is 0 Å². The number of hydrogen-bond donors (Lipinski definition) is 1. The molecule has 4 nitrogen and oxygen atoms in total. The SMILES string of the molecule is CCCn1cncc1COC1CNCCC1C. The lowest BCUT2D eigenvalue weighted by atomic mass is 9.97. The van der Waals surface area contributed by atoms with Crippen molar-refractivity contribution in [1.82, 2.24) is 14.9 Å². The highest BCUT2D eigenvalue weighted by Gasteiger charge is 2.21. The number of hydrogen-bond acceptors (Lipinski definition) is 3. The van der Waals surface area contributed by atoms with Crippen molar-refractivity contribution in [2.24, 2.45) is 5.92 Å². The summed E-state index contributed by atoms with van der Waals surface area (Å²) >= 11 is 0. The van der Waals surface area contributed by atoms with Gasteiger partial charge in [-0.2, -0.15) is 0 Å². The summed E-state index contributed by atoms with van der Waals surface area (Å²) in [6, 6.07) is 0. The summed E-state index contributed by atoms with van der Waals surface area (Å²) in [5.41, 5.74) is 1.18. The second-order valence-electron chi connectivity index (χ2n) is 4.90. The van der Waals surface area contributed by atoms with Gasteiger partial charge < -0.3 is 14.6 Å². The smallest absolute Gasteiger partial charge is 0.0948 e. The van der Waals surface area contributed by atoms with Gasteiger partial charge >= 0.3 is 0 Å². The van der Waals surface area contributed by atoms with Crippen LogP contribution in [0.3, 0.4) is 0 Å². The van der Waals surface area contributed by atoms with Crippen LogP contribution in [0.4, 0.5) is 0 Å². The molecule has 2 heterocycles. The summed E-state index contributed by atoms with van der Waals surface area (Å²) in [6.45, 7) is 8.25. The summed E-state index contributed by atoms with van der Waals surface area (Å²) in [4.78, 5) is 4.19. The lowest BCUT2D eigenvalue weighted by molar-refractivity contribution is -0.00909. The molecule has 1 N–H and O–H groups in total. The molecule has 0 spiro atoms. The first-order valence-corrected chi connectivity index (χ1v) is 6.62. The Balaban J connectivity index is 1.86. The summed E-state index contributed by atoms with van der Waals surface area (Å²) < 4.78 is 8.18. The Labute approximate surface area is 103 Å². The predicted molar refractivity (Wildman–Crippen MR) is 67.7 cm³/mol. The van der Waals surface area contributed by atoms with Crippen molar-refractivity contribution >= 4 is 0 Å². The van der Waals surface area contributed by atoms with E-state index in [2.05, 4.69) is 28.7 Å². The maximum absolute atomic E-state index is 6.00. The van der Waals surface area contributed by atoms with Crippen LogP contribution >= 0.6 is 0 Å². The average Bonchev–Trinajstić information content (AvgIpc) is 2.76. The highest BCUT2D eigenvalue weighted by molar-refractivity contribution is 4.96. The van der Waals surface area contributed by atoms with E-state index in [9.17, 15) is 0 Å². The van der Waals surface area contributed by atoms with Crippen LogP contribution < -0.4 is 5.32 Å². The predicted octanol–water partition coefficient (Wildman–Crippen LogP) is 1.81. The Morgan fingerprint density at radius 1 is 1.59 bits per heavy atom. The molecular weight excluding hydrogens is 214 g/mol. The molecule has 4 heteroatoms. The van der Waals surface area contributed by atoms with E-state index in [1.54, 1.807) is 0 Å². The zero-order valence-electron chi connectivity index (χ0n) is 10.9. The Morgan fingerprint density at radius 2 is 2.47 bits per heavy atom. The van der Waals surface area contributed by atoms with E-state index in [1.807, 2.05) is 12.5 Å². The number of nitrogens with one attached hydrogen (secondary N) is 1. The fourth-order valence-corrected chi connectivity index (χ4v) is 2.29. The Hall–Kier alpha value is -0.870. The molecule has 0 saturated carbocycles. The Morgan fingerprint density at radius 3 is 3.24 bits per heavy atom. The summed E-state index contributed by atoms with van der Waals surface area (Å²) in [7, 11) is 0. The van der Waals surface area contributed by atoms with E-state index in [0.29, 0.717) is 18.6 Å². The van der Waals surface area contributed by atoms with Gasteiger partial charge in [-0.15, -0.1) is 0 Å². The van der Waals surface area contributed by atoms with Crippen molar-refractivity contribution in [2.75, 3.05) is 13.1 Å². The van der Waals surface area contributed by atoms with Gasteiger partial charge in [-0.05, 0) is 25.3 Å². The minimum atomic E-state index is 0.341. The molecule has 1 aliphatic rings. The van der Waals surface area contributed by atoms with Gasteiger partial charge in [0.1, 0.15) is 0 Å². The van der Waals surface area contributed by atoms with Crippen LogP contribution in [0.15, 0.2) is 12.5 Å². The highest BCUT2D eigenvalue weighted by Crippen LogP contribution is 2.16. The molecule has 1 aromatic rings. The molecular formula is C13H23N3O. The minimum absolute atomic E-state index is 0.341. The molecule has 2 atom stereocenters. The van der Waals surface area contributed by atoms with Crippen molar-refractivity contribution in [3.63, 3.8) is 0 Å². The molecule has 1 fully saturated rings. The molecule has 2 unspecified atom stereocenters. The summed E-state index contributed by atoms with van der Waals surface area (Å²) in [5.74, 6) is 0.652. The molecule has 0 aromatic carbocycles. The van der Waals surface area contributed by atoms with Crippen LogP contribution in [0.5, 0.6) is 0 Å². The lowest BCUT2D eigenvalue weighted by Crippen LogP contribution is -2.41. The number of ether oxygens (including phenoxy) is 1. The van der Waals surface area contributed by atoms with Crippen LogP contribution in [0.25, 0.3) is 0 Å². The quantitative estimate of drug-likeness (QED) is 0.849. The van der Waals surface area contributed by atoms with Crippen LogP contribution in [0.1, 0.15) is 32.4 Å². The fourth-order valence-electron chi connectivity index (χ4n) is 2.29. The molecule has 1 saturated heterocycles. The molecule has 1 aliphatic heterocycles. The van der Waals surface area contributed by atoms with Crippen LogP contribution in [-0.2, 0) is 17.9 Å². The molecule has 0 radical (unpaired) electrons. The number of aromatic nitrogens is 2. The lowest BCUT2D eigenvalue weighted by Gasteiger charge is -2.29. The van der Waals surface area contributed by atoms with Gasteiger partial charge in [0.15, 0.2) is 0 Å². The molecule has 96 valence electrons. The van der Waals surface area contributed by atoms with Crippen molar-refractivity contribution in [2.45, 2.75) is 45.9 Å². The maximum Gasteiger partial charge on any atom is 0.0948 e. The van der Waals surface area contributed by atoms with Gasteiger partial charge in [-0.25, -0.2) is 4.98 Å². The normalized spacial score (nSPS) is 25.1. The third kappa shape index (κ3) is 3.30. The van der Waals surface area contributed by atoms with Gasteiger partial charge in [-0.1, -0.05) is 13.8 Å². The van der Waals surface area contributed by atoms with Crippen LogP contribution in [-0.4, -0.2) is 28.7 Å². The molecule has 2 rings (SSSR count). The topological polar surface area (TPSA) is 39.1 Å². The van der Waals surface area contributed by atoms with Crippen molar-refractivity contribution in [3.05, 3.63) is 18.2 Å². The summed E-state index contributed by atoms with van der Waals surface area (Å²) in [6.07, 6.45) is 6.49. The Kier molecular flexibility index (Phi) is 4.57. The molecule has 0 bridgehead atoms. The average molecular weight is 237 g/mol. The van der Waals surface area contributed by atoms with Crippen molar-refractivity contribution in [1.29, 1.82) is 0 Å². The van der Waals surface area contributed by atoms with Gasteiger partial charge in [0.2, 0.25) is 0 Å². The first-order valence-electron chi connectivity index (χ1n) is 6.62. The third-order valence-corrected chi connectivity index (χ3v) is 3.46. The van der Waals surface area contributed by atoms with E-state index in [4.69, 9.17) is 4.74 Å². The number of nitrogens with zero attached hydrogens (tertiary/aromatic N) is 2. The van der Waals surface area contributed by atoms with Crippen LogP contribution in [0, 0.1) is 5.92 Å². The number of piperidine rings is 1. The molecule has 17 heavy (non-hydrogen) atoms. The zero-order chi connectivity index (χ0) is 12.1. The van der Waals surface area contributed by atoms with Gasteiger partial charge in [0.05, 0.1) is 30.9 Å². The number of rotatable bonds is 5. The monoisotopic (exact) mass is 237 g/mol. The first kappa shape index (κ1) is 12.6.